The maximum Gasteiger partial charge on any atom is 0.248 e. The highest BCUT2D eigenvalue weighted by atomic mass is 35.5. The lowest BCUT2D eigenvalue weighted by atomic mass is 9.93. The average molecular weight is 452 g/mol. The first-order valence-corrected chi connectivity index (χ1v) is 11.2. The molecule has 6 nitrogen and oxygen atoms in total. The Kier molecular flexibility index (Phi) is 10.0. The van der Waals surface area contributed by atoms with Gasteiger partial charge in [-0.1, -0.05) is 51.4 Å². The maximum atomic E-state index is 12.7. The maximum absolute atomic E-state index is 12.7. The van der Waals surface area contributed by atoms with E-state index < -0.39 is 5.60 Å². The van der Waals surface area contributed by atoms with E-state index in [1.165, 1.54) is 0 Å². The summed E-state index contributed by atoms with van der Waals surface area (Å²) in [6.07, 6.45) is 1.80. The Bertz CT molecular complexity index is 799. The second kappa shape index (κ2) is 11.5. The fraction of sp³-hybridized carbons (Fsp3) is 0.583. The van der Waals surface area contributed by atoms with Crippen molar-refractivity contribution >= 4 is 29.0 Å². The van der Waals surface area contributed by atoms with Gasteiger partial charge in [-0.2, -0.15) is 0 Å². The van der Waals surface area contributed by atoms with Crippen molar-refractivity contribution in [3.63, 3.8) is 0 Å². The van der Waals surface area contributed by atoms with E-state index in [1.807, 2.05) is 58.9 Å². The Hall–Kier alpha value is -2.05. The first kappa shape index (κ1) is 27.0. The molecule has 2 N–H and O–H groups in total. The van der Waals surface area contributed by atoms with E-state index in [0.29, 0.717) is 10.8 Å². The molecule has 1 atom stereocenters. The smallest absolute Gasteiger partial charge is 0.248 e. The van der Waals surface area contributed by atoms with Crippen molar-refractivity contribution in [1.29, 1.82) is 0 Å². The fourth-order valence-corrected chi connectivity index (χ4v) is 3.00. The Balaban J connectivity index is 0.000000605. The molecule has 0 spiro atoms. The molecule has 0 aliphatic carbocycles. The molecule has 2 aromatic rings. The highest BCUT2D eigenvalue weighted by Gasteiger charge is 2.31. The number of halogens is 1. The van der Waals surface area contributed by atoms with Crippen LogP contribution < -0.4 is 10.2 Å². The van der Waals surface area contributed by atoms with Gasteiger partial charge in [-0.05, 0) is 57.9 Å². The van der Waals surface area contributed by atoms with E-state index >= 15 is 0 Å². The molecule has 1 aliphatic heterocycles. The Morgan fingerprint density at radius 1 is 1.16 bits per heavy atom. The molecular formula is C24H38ClN3O3. The van der Waals surface area contributed by atoms with Crippen LogP contribution in [0.1, 0.15) is 74.0 Å². The summed E-state index contributed by atoms with van der Waals surface area (Å²) < 4.78 is 5.32. The third-order valence-corrected chi connectivity index (χ3v) is 4.47. The van der Waals surface area contributed by atoms with Crippen LogP contribution in [0.25, 0.3) is 0 Å². The molecule has 0 bridgehead atoms. The van der Waals surface area contributed by atoms with E-state index in [-0.39, 0.29) is 17.4 Å². The van der Waals surface area contributed by atoms with E-state index in [4.69, 9.17) is 21.2 Å². The second-order valence-corrected chi connectivity index (χ2v) is 9.75. The number of benzene rings is 1. The van der Waals surface area contributed by atoms with Crippen LogP contribution in [0.2, 0.25) is 5.02 Å². The van der Waals surface area contributed by atoms with Gasteiger partial charge in [0.25, 0.3) is 0 Å². The molecule has 2 heterocycles. The van der Waals surface area contributed by atoms with Gasteiger partial charge in [0.2, 0.25) is 5.91 Å². The highest BCUT2D eigenvalue weighted by Crippen LogP contribution is 2.28. The van der Waals surface area contributed by atoms with Gasteiger partial charge in [-0.25, -0.2) is 0 Å². The van der Waals surface area contributed by atoms with Crippen molar-refractivity contribution in [2.45, 2.75) is 85.3 Å². The summed E-state index contributed by atoms with van der Waals surface area (Å²) in [7, 11) is 0. The number of hydrogen-bond donors (Lipinski definition) is 2. The number of nitrogens with one attached hydrogen (secondary N) is 1. The topological polar surface area (TPSA) is 78.6 Å². The van der Waals surface area contributed by atoms with E-state index in [9.17, 15) is 4.79 Å². The standard InChI is InChI=1S/C18H22ClN3O2.C4H10O.C2H6/c1-18(2,3)15-11-16(21-24-15)20-17(23)14-5-4-10-22(14)13-8-6-12(19)7-9-13;1-4(2,3)5;1-2/h6-9,11,14H,4-5,10H2,1-3H3,(H,20,21,23);5H,1-3H3;1-2H3. The lowest BCUT2D eigenvalue weighted by molar-refractivity contribution is -0.117. The van der Waals surface area contributed by atoms with Crippen molar-refractivity contribution in [2.24, 2.45) is 0 Å². The number of carbonyl (C=O) groups excluding carboxylic acids is 1. The first-order valence-electron chi connectivity index (χ1n) is 10.9. The zero-order valence-electron chi connectivity index (χ0n) is 20.1. The highest BCUT2D eigenvalue weighted by molar-refractivity contribution is 6.30. The Morgan fingerprint density at radius 3 is 2.19 bits per heavy atom. The number of anilines is 2. The molecule has 3 rings (SSSR count). The predicted molar refractivity (Wildman–Crippen MR) is 129 cm³/mol. The van der Waals surface area contributed by atoms with E-state index in [0.717, 1.165) is 30.8 Å². The second-order valence-electron chi connectivity index (χ2n) is 9.31. The van der Waals surface area contributed by atoms with Crippen LogP contribution in [0.3, 0.4) is 0 Å². The number of aromatic nitrogens is 1. The minimum atomic E-state index is -0.500. The number of carbonyl (C=O) groups is 1. The molecule has 0 saturated carbocycles. The summed E-state index contributed by atoms with van der Waals surface area (Å²) in [6, 6.07) is 9.17. The molecule has 31 heavy (non-hydrogen) atoms. The molecule has 0 radical (unpaired) electrons. The average Bonchev–Trinajstić information content (AvgIpc) is 3.32. The molecule has 1 aromatic heterocycles. The van der Waals surface area contributed by atoms with Crippen LogP contribution in [-0.2, 0) is 10.2 Å². The summed E-state index contributed by atoms with van der Waals surface area (Å²) in [5, 5.41) is 16.0. The van der Waals surface area contributed by atoms with Gasteiger partial charge in [0, 0.05) is 28.7 Å². The SMILES string of the molecule is CC.CC(C)(C)O.CC(C)(C)c1cc(NC(=O)C2CCCN2c2ccc(Cl)cc2)no1. The number of aliphatic hydroxyl groups is 1. The van der Waals surface area contributed by atoms with Gasteiger partial charge in [0.05, 0.1) is 5.60 Å². The quantitative estimate of drug-likeness (QED) is 0.595. The van der Waals surface area contributed by atoms with Crippen molar-refractivity contribution < 1.29 is 14.4 Å². The van der Waals surface area contributed by atoms with Crippen LogP contribution >= 0.6 is 11.6 Å². The van der Waals surface area contributed by atoms with Crippen LogP contribution in [0.15, 0.2) is 34.9 Å². The molecule has 1 unspecified atom stereocenters. The van der Waals surface area contributed by atoms with Crippen LogP contribution in [0, 0.1) is 0 Å². The third-order valence-electron chi connectivity index (χ3n) is 4.21. The summed E-state index contributed by atoms with van der Waals surface area (Å²) in [5.41, 5.74) is 0.367. The summed E-state index contributed by atoms with van der Waals surface area (Å²) in [6.45, 7) is 16.2. The van der Waals surface area contributed by atoms with Crippen LogP contribution in [0.4, 0.5) is 11.5 Å². The summed E-state index contributed by atoms with van der Waals surface area (Å²) in [5.74, 6) is 1.16. The summed E-state index contributed by atoms with van der Waals surface area (Å²) in [4.78, 5) is 14.8. The van der Waals surface area contributed by atoms with E-state index in [1.54, 1.807) is 26.8 Å². The van der Waals surface area contributed by atoms with Gasteiger partial charge in [-0.15, -0.1) is 0 Å². The molecule has 174 valence electrons. The van der Waals surface area contributed by atoms with Gasteiger partial charge >= 0.3 is 0 Å². The number of nitrogens with zero attached hydrogens (tertiary/aromatic N) is 2. The van der Waals surface area contributed by atoms with Crippen LogP contribution in [-0.4, -0.2) is 34.4 Å². The molecule has 1 fully saturated rings. The molecule has 1 saturated heterocycles. The Labute approximate surface area is 192 Å². The minimum Gasteiger partial charge on any atom is -0.391 e. The van der Waals surface area contributed by atoms with Crippen molar-refractivity contribution in [2.75, 3.05) is 16.8 Å². The molecule has 7 heteroatoms. The van der Waals surface area contributed by atoms with Gasteiger partial charge in [0.1, 0.15) is 11.8 Å². The monoisotopic (exact) mass is 451 g/mol. The largest absolute Gasteiger partial charge is 0.391 e. The zero-order chi connectivity index (χ0) is 23.8. The fourth-order valence-electron chi connectivity index (χ4n) is 2.88. The summed E-state index contributed by atoms with van der Waals surface area (Å²) >= 11 is 5.95. The number of rotatable bonds is 3. The van der Waals surface area contributed by atoms with E-state index in [2.05, 4.69) is 15.4 Å². The number of hydrogen-bond acceptors (Lipinski definition) is 5. The zero-order valence-corrected chi connectivity index (χ0v) is 20.9. The lowest BCUT2D eigenvalue weighted by Crippen LogP contribution is -2.39. The van der Waals surface area contributed by atoms with Gasteiger partial charge < -0.3 is 19.8 Å². The molecule has 1 aliphatic rings. The lowest BCUT2D eigenvalue weighted by Gasteiger charge is -2.25. The van der Waals surface area contributed by atoms with Gasteiger partial charge in [-0.3, -0.25) is 4.79 Å². The normalized spacial score (nSPS) is 16.1. The Morgan fingerprint density at radius 2 is 1.71 bits per heavy atom. The minimum absolute atomic E-state index is 0.0591. The molecule has 1 aromatic carbocycles. The van der Waals surface area contributed by atoms with Crippen LogP contribution in [0.5, 0.6) is 0 Å². The number of amides is 1. The van der Waals surface area contributed by atoms with Crippen molar-refractivity contribution in [3.8, 4) is 0 Å². The van der Waals surface area contributed by atoms with Crippen molar-refractivity contribution in [3.05, 3.63) is 41.1 Å². The predicted octanol–water partition coefficient (Wildman–Crippen LogP) is 6.04. The molecule has 1 amide bonds. The molecular weight excluding hydrogens is 414 g/mol. The third kappa shape index (κ3) is 9.32. The first-order chi connectivity index (χ1) is 14.3. The van der Waals surface area contributed by atoms with Gasteiger partial charge in [0.15, 0.2) is 5.82 Å². The van der Waals surface area contributed by atoms with Crippen molar-refractivity contribution in [1.82, 2.24) is 5.16 Å².